The van der Waals surface area contributed by atoms with Gasteiger partial charge in [0, 0.05) is 11.4 Å². The lowest BCUT2D eigenvalue weighted by molar-refractivity contribution is -0.113. The number of aromatic nitrogens is 2. The monoisotopic (exact) mass is 464 g/mol. The molecule has 1 amide bonds. The van der Waals surface area contributed by atoms with Crippen LogP contribution in [0.3, 0.4) is 0 Å². The summed E-state index contributed by atoms with van der Waals surface area (Å²) in [4.78, 5) is 18.7. The van der Waals surface area contributed by atoms with E-state index in [0.717, 1.165) is 39.5 Å². The van der Waals surface area contributed by atoms with Gasteiger partial charge in [-0.3, -0.25) is 9.36 Å². The van der Waals surface area contributed by atoms with E-state index in [1.807, 2.05) is 44.2 Å². The number of nitrogens with one attached hydrogen (secondary N) is 2. The van der Waals surface area contributed by atoms with Crippen LogP contribution in [0.4, 0.5) is 11.6 Å². The number of hydrogen-bond donors (Lipinski definition) is 2. The van der Waals surface area contributed by atoms with Gasteiger partial charge in [0.1, 0.15) is 0 Å². The Balaban J connectivity index is 1.65. The Kier molecular flexibility index (Phi) is 5.51. The molecule has 1 aromatic heterocycles. The number of para-hydroxylation sites is 2. The van der Waals surface area contributed by atoms with Crippen LogP contribution in [0.25, 0.3) is 11.0 Å². The highest BCUT2D eigenvalue weighted by Crippen LogP contribution is 2.40. The number of anilines is 2. The average Bonchev–Trinajstić information content (AvgIpc) is 3.17. The van der Waals surface area contributed by atoms with Crippen LogP contribution in [0, 0.1) is 13.8 Å². The van der Waals surface area contributed by atoms with E-state index < -0.39 is 0 Å². The minimum Gasteiger partial charge on any atom is -0.329 e. The topological polar surface area (TPSA) is 59.0 Å². The first-order chi connectivity index (χ1) is 16.6. The molecule has 0 radical (unpaired) electrons. The molecule has 5 heteroatoms. The van der Waals surface area contributed by atoms with E-state index in [1.165, 1.54) is 11.1 Å². The van der Waals surface area contributed by atoms with Crippen LogP contribution in [0.5, 0.6) is 0 Å². The summed E-state index contributed by atoms with van der Waals surface area (Å²) in [6.45, 7) is 12.7. The van der Waals surface area contributed by atoms with Gasteiger partial charge in [0.2, 0.25) is 5.95 Å². The van der Waals surface area contributed by atoms with Gasteiger partial charge in [-0.25, -0.2) is 4.98 Å². The second-order valence-corrected chi connectivity index (χ2v) is 10.5. The van der Waals surface area contributed by atoms with Gasteiger partial charge in [-0.05, 0) is 61.1 Å². The third kappa shape index (κ3) is 4.12. The van der Waals surface area contributed by atoms with Crippen LogP contribution in [0.15, 0.2) is 78.0 Å². The van der Waals surface area contributed by atoms with Crippen LogP contribution >= 0.6 is 0 Å². The van der Waals surface area contributed by atoms with Crippen molar-refractivity contribution in [3.8, 4) is 0 Å². The molecule has 0 saturated heterocycles. The first-order valence-electron chi connectivity index (χ1n) is 12.1. The van der Waals surface area contributed by atoms with Crippen molar-refractivity contribution >= 4 is 28.6 Å². The lowest BCUT2D eigenvalue weighted by Gasteiger charge is -2.31. The quantitative estimate of drug-likeness (QED) is 0.347. The lowest BCUT2D eigenvalue weighted by Crippen LogP contribution is -2.31. The van der Waals surface area contributed by atoms with Crippen molar-refractivity contribution in [3.63, 3.8) is 0 Å². The highest BCUT2D eigenvalue weighted by atomic mass is 16.1. The Bertz CT molecular complexity index is 1470. The summed E-state index contributed by atoms with van der Waals surface area (Å²) in [5.74, 6) is 0.631. The number of aryl methyl sites for hydroxylation is 2. The predicted molar refractivity (Wildman–Crippen MR) is 144 cm³/mol. The van der Waals surface area contributed by atoms with Crippen LogP contribution in [-0.4, -0.2) is 15.5 Å². The van der Waals surface area contributed by atoms with Gasteiger partial charge in [0.05, 0.1) is 22.6 Å². The second-order valence-electron chi connectivity index (χ2n) is 10.5. The highest BCUT2D eigenvalue weighted by Gasteiger charge is 2.34. The molecular formula is C30H32N4O. The van der Waals surface area contributed by atoms with Crippen molar-refractivity contribution in [2.45, 2.75) is 53.0 Å². The van der Waals surface area contributed by atoms with E-state index in [4.69, 9.17) is 4.98 Å². The van der Waals surface area contributed by atoms with Crippen molar-refractivity contribution < 1.29 is 4.79 Å². The molecule has 0 spiro atoms. The minimum atomic E-state index is -0.307. The van der Waals surface area contributed by atoms with Crippen molar-refractivity contribution in [1.82, 2.24) is 9.55 Å². The van der Waals surface area contributed by atoms with Gasteiger partial charge in [0.15, 0.2) is 0 Å². The first-order valence-corrected chi connectivity index (χ1v) is 12.1. The molecule has 0 saturated carbocycles. The smallest absolute Gasteiger partial charge is 0.255 e. The fourth-order valence-corrected chi connectivity index (χ4v) is 4.88. The SMILES string of the molecule is CC1=C(C(=O)Nc2ccc(C)cc2C)[C@@H](c2ccc(C(C)(C)C)cc2)n2c(nc3ccccc32)N1. The molecule has 0 fully saturated rings. The zero-order valence-corrected chi connectivity index (χ0v) is 21.2. The zero-order valence-electron chi connectivity index (χ0n) is 21.2. The van der Waals surface area contributed by atoms with Crippen molar-refractivity contribution in [1.29, 1.82) is 0 Å². The summed E-state index contributed by atoms with van der Waals surface area (Å²) in [7, 11) is 0. The van der Waals surface area contributed by atoms with E-state index in [-0.39, 0.29) is 17.4 Å². The molecule has 35 heavy (non-hydrogen) atoms. The molecule has 0 bridgehead atoms. The third-order valence-electron chi connectivity index (χ3n) is 6.80. The van der Waals surface area contributed by atoms with Gasteiger partial charge >= 0.3 is 0 Å². The molecule has 1 aliphatic heterocycles. The van der Waals surface area contributed by atoms with Gasteiger partial charge in [-0.15, -0.1) is 0 Å². The van der Waals surface area contributed by atoms with Gasteiger partial charge < -0.3 is 10.6 Å². The van der Waals surface area contributed by atoms with Crippen molar-refractivity contribution in [2.75, 3.05) is 10.6 Å². The Hall–Kier alpha value is -3.86. The number of imidazole rings is 1. The third-order valence-corrected chi connectivity index (χ3v) is 6.80. The largest absolute Gasteiger partial charge is 0.329 e. The van der Waals surface area contributed by atoms with E-state index in [2.05, 4.69) is 79.3 Å². The predicted octanol–water partition coefficient (Wildman–Crippen LogP) is 6.88. The molecule has 2 N–H and O–H groups in total. The fourth-order valence-electron chi connectivity index (χ4n) is 4.88. The number of carbonyl (C=O) groups is 1. The van der Waals surface area contributed by atoms with Crippen LogP contribution in [0.2, 0.25) is 0 Å². The molecule has 3 aromatic carbocycles. The molecule has 5 rings (SSSR count). The summed E-state index contributed by atoms with van der Waals surface area (Å²) < 4.78 is 2.14. The van der Waals surface area contributed by atoms with Gasteiger partial charge in [-0.1, -0.05) is 74.9 Å². The second kappa shape index (κ2) is 8.42. The van der Waals surface area contributed by atoms with E-state index in [0.29, 0.717) is 5.57 Å². The summed E-state index contributed by atoms with van der Waals surface area (Å²) in [6, 6.07) is 22.5. The Labute approximate surface area is 206 Å². The number of nitrogens with zero attached hydrogens (tertiary/aromatic N) is 2. The summed E-state index contributed by atoms with van der Waals surface area (Å²) in [5, 5.41) is 6.57. The average molecular weight is 465 g/mol. The molecule has 1 atom stereocenters. The number of amides is 1. The maximum Gasteiger partial charge on any atom is 0.255 e. The minimum absolute atomic E-state index is 0.0500. The Morgan fingerprint density at radius 3 is 2.37 bits per heavy atom. The van der Waals surface area contributed by atoms with Crippen molar-refractivity contribution in [3.05, 3.63) is 100 Å². The van der Waals surface area contributed by atoms with E-state index in [1.54, 1.807) is 0 Å². The molecule has 2 heterocycles. The number of benzene rings is 3. The molecule has 1 aliphatic rings. The van der Waals surface area contributed by atoms with E-state index >= 15 is 0 Å². The normalized spacial score (nSPS) is 15.7. The van der Waals surface area contributed by atoms with Crippen molar-refractivity contribution in [2.24, 2.45) is 0 Å². The van der Waals surface area contributed by atoms with Gasteiger partial charge in [-0.2, -0.15) is 0 Å². The summed E-state index contributed by atoms with van der Waals surface area (Å²) in [6.07, 6.45) is 0. The molecule has 5 nitrogen and oxygen atoms in total. The lowest BCUT2D eigenvalue weighted by atomic mass is 9.85. The maximum absolute atomic E-state index is 13.9. The maximum atomic E-state index is 13.9. The molecular weight excluding hydrogens is 432 g/mol. The number of allylic oxidation sites excluding steroid dienone is 1. The first kappa shape index (κ1) is 22.9. The molecule has 178 valence electrons. The standard InChI is InChI=1S/C30H32N4O/c1-18-11-16-23(19(2)17-18)32-28(35)26-20(3)31-29-33-24-9-7-8-10-25(24)34(29)27(26)21-12-14-22(15-13-21)30(4,5)6/h7-17,27H,1-6H3,(H,31,33)(H,32,35)/t27-/m1/s1. The van der Waals surface area contributed by atoms with Gasteiger partial charge in [0.25, 0.3) is 5.91 Å². The number of hydrogen-bond acceptors (Lipinski definition) is 3. The number of carbonyl (C=O) groups excluding carboxylic acids is 1. The fraction of sp³-hybridized carbons (Fsp3) is 0.267. The molecule has 4 aromatic rings. The number of rotatable bonds is 3. The number of fused-ring (bicyclic) bond motifs is 3. The molecule has 0 aliphatic carbocycles. The van der Waals surface area contributed by atoms with Crippen LogP contribution < -0.4 is 10.6 Å². The van der Waals surface area contributed by atoms with Crippen LogP contribution in [0.1, 0.15) is 56.0 Å². The zero-order chi connectivity index (χ0) is 24.9. The summed E-state index contributed by atoms with van der Waals surface area (Å²) in [5.41, 5.74) is 8.77. The highest BCUT2D eigenvalue weighted by molar-refractivity contribution is 6.06. The summed E-state index contributed by atoms with van der Waals surface area (Å²) >= 11 is 0. The Morgan fingerprint density at radius 1 is 0.971 bits per heavy atom. The van der Waals surface area contributed by atoms with Crippen LogP contribution in [-0.2, 0) is 10.2 Å². The molecule has 0 unspecified atom stereocenters. The van der Waals surface area contributed by atoms with E-state index in [9.17, 15) is 4.79 Å². The Morgan fingerprint density at radius 2 is 1.69 bits per heavy atom.